The van der Waals surface area contributed by atoms with Crippen molar-refractivity contribution in [1.82, 2.24) is 5.43 Å². The minimum atomic E-state index is -0.896. The Balaban J connectivity index is 2.57. The minimum absolute atomic E-state index is 0.269. The van der Waals surface area contributed by atoms with E-state index in [1.807, 2.05) is 23.6 Å². The molecule has 0 aliphatic heterocycles. The highest BCUT2D eigenvalue weighted by Crippen LogP contribution is 2.01. The highest BCUT2D eigenvalue weighted by atomic mass is 16.7. The van der Waals surface area contributed by atoms with Crippen LogP contribution in [0.5, 0.6) is 0 Å². The molecule has 0 aromatic heterocycles. The largest absolute Gasteiger partial charge is 0.288 e. The molecule has 0 amide bonds. The maximum absolute atomic E-state index is 10.4. The van der Waals surface area contributed by atoms with E-state index < -0.39 is 11.1 Å². The highest BCUT2D eigenvalue weighted by molar-refractivity contribution is 5.58. The zero-order valence-corrected chi connectivity index (χ0v) is 7.34. The van der Waals surface area contributed by atoms with Gasteiger partial charge in [0.15, 0.2) is 11.1 Å². The molecular formula is C9H9N2O3. The summed E-state index contributed by atoms with van der Waals surface area (Å²) in [4.78, 5) is 20.4. The lowest BCUT2D eigenvalue weighted by molar-refractivity contribution is -0.547. The van der Waals surface area contributed by atoms with Gasteiger partial charge in [-0.1, -0.05) is 30.3 Å². The van der Waals surface area contributed by atoms with Crippen molar-refractivity contribution in [2.24, 2.45) is 0 Å². The molecule has 0 aliphatic carbocycles. The zero-order valence-electron chi connectivity index (χ0n) is 7.34. The minimum Gasteiger partial charge on any atom is -0.288 e. The first-order valence-electron chi connectivity index (χ1n) is 4.04. The Morgan fingerprint density at radius 3 is 2.57 bits per heavy atom. The van der Waals surface area contributed by atoms with Gasteiger partial charge in [0.1, 0.15) is 0 Å². The molecule has 0 heterocycles. The Kier molecular flexibility index (Phi) is 3.60. The van der Waals surface area contributed by atoms with E-state index in [2.05, 4.69) is 0 Å². The van der Waals surface area contributed by atoms with E-state index in [9.17, 15) is 14.9 Å². The third kappa shape index (κ3) is 3.22. The van der Waals surface area contributed by atoms with E-state index in [4.69, 9.17) is 0 Å². The number of benzene rings is 1. The van der Waals surface area contributed by atoms with E-state index in [0.29, 0.717) is 0 Å². The van der Waals surface area contributed by atoms with Crippen LogP contribution >= 0.6 is 0 Å². The quantitative estimate of drug-likeness (QED) is 0.545. The van der Waals surface area contributed by atoms with Gasteiger partial charge in [-0.25, -0.2) is 10.1 Å². The summed E-state index contributed by atoms with van der Waals surface area (Å²) in [5, 5.41) is 9.34. The van der Waals surface area contributed by atoms with Crippen molar-refractivity contribution < 1.29 is 9.83 Å². The summed E-state index contributed by atoms with van der Waals surface area (Å²) in [6.07, 6.45) is 1.85. The standard InChI is InChI=1S/C9H9N2O3/c12-7-9(10-11(13)14)6-8-4-2-1-3-5-8/h1-5,9-10H,6H2/t9-/m0/s1. The molecule has 0 spiro atoms. The summed E-state index contributed by atoms with van der Waals surface area (Å²) in [6.45, 7) is 0. The summed E-state index contributed by atoms with van der Waals surface area (Å²) in [6, 6.07) is 8.15. The number of rotatable bonds is 5. The predicted molar refractivity (Wildman–Crippen MR) is 49.8 cm³/mol. The van der Waals surface area contributed by atoms with Crippen molar-refractivity contribution in [3.8, 4) is 0 Å². The number of nitrogens with zero attached hydrogens (tertiary/aromatic N) is 1. The first-order chi connectivity index (χ1) is 6.72. The van der Waals surface area contributed by atoms with Gasteiger partial charge in [-0.3, -0.25) is 4.79 Å². The Hall–Kier alpha value is -1.91. The lowest BCUT2D eigenvalue weighted by atomic mass is 10.1. The summed E-state index contributed by atoms with van der Waals surface area (Å²) < 4.78 is 0. The molecule has 0 saturated heterocycles. The molecule has 73 valence electrons. The van der Waals surface area contributed by atoms with Gasteiger partial charge in [-0.2, -0.15) is 0 Å². The molecule has 5 heteroatoms. The van der Waals surface area contributed by atoms with Crippen molar-refractivity contribution in [3.05, 3.63) is 46.0 Å². The van der Waals surface area contributed by atoms with Gasteiger partial charge in [0, 0.05) is 6.42 Å². The van der Waals surface area contributed by atoms with Crippen LogP contribution in [-0.2, 0) is 11.2 Å². The van der Waals surface area contributed by atoms with Crippen molar-refractivity contribution in [2.45, 2.75) is 12.5 Å². The molecule has 0 aliphatic rings. The summed E-state index contributed by atoms with van der Waals surface area (Å²) in [5.74, 6) is 0. The zero-order chi connectivity index (χ0) is 10.4. The van der Waals surface area contributed by atoms with Crippen LogP contribution < -0.4 is 5.43 Å². The molecule has 0 unspecified atom stereocenters. The SMILES string of the molecule is O=[C][C@H](Cc1ccccc1)N[N+](=O)[O-]. The number of nitrogens with one attached hydrogen (secondary N) is 1. The summed E-state index contributed by atoms with van der Waals surface area (Å²) in [5.41, 5.74) is 2.73. The molecule has 5 nitrogen and oxygen atoms in total. The smallest absolute Gasteiger partial charge is 0.229 e. The second-order valence-electron chi connectivity index (χ2n) is 2.75. The van der Waals surface area contributed by atoms with Gasteiger partial charge in [0.05, 0.1) is 0 Å². The second kappa shape index (κ2) is 4.96. The Morgan fingerprint density at radius 1 is 1.43 bits per heavy atom. The third-order valence-corrected chi connectivity index (χ3v) is 1.69. The van der Waals surface area contributed by atoms with E-state index in [1.54, 1.807) is 18.4 Å². The topological polar surface area (TPSA) is 72.2 Å². The Morgan fingerprint density at radius 2 is 2.07 bits per heavy atom. The number of hydrogen-bond acceptors (Lipinski definition) is 3. The molecule has 14 heavy (non-hydrogen) atoms. The molecule has 0 bridgehead atoms. The van der Waals surface area contributed by atoms with Gasteiger partial charge < -0.3 is 0 Å². The van der Waals surface area contributed by atoms with Crippen molar-refractivity contribution in [3.63, 3.8) is 0 Å². The van der Waals surface area contributed by atoms with Gasteiger partial charge >= 0.3 is 0 Å². The van der Waals surface area contributed by atoms with Crippen LogP contribution in [0, 0.1) is 10.1 Å². The van der Waals surface area contributed by atoms with Gasteiger partial charge in [-0.05, 0) is 5.56 Å². The molecule has 0 fully saturated rings. The number of nitro groups is 1. The molecule has 1 aromatic carbocycles. The fourth-order valence-electron chi connectivity index (χ4n) is 1.09. The van der Waals surface area contributed by atoms with Crippen LogP contribution in [0.15, 0.2) is 30.3 Å². The predicted octanol–water partition coefficient (Wildman–Crippen LogP) is 0.489. The van der Waals surface area contributed by atoms with E-state index >= 15 is 0 Å². The fourth-order valence-corrected chi connectivity index (χ4v) is 1.09. The van der Waals surface area contributed by atoms with Crippen molar-refractivity contribution >= 4 is 6.29 Å². The van der Waals surface area contributed by atoms with E-state index in [1.165, 1.54) is 0 Å². The summed E-state index contributed by atoms with van der Waals surface area (Å²) in [7, 11) is 0. The first kappa shape index (κ1) is 10.2. The molecule has 0 saturated carbocycles. The van der Waals surface area contributed by atoms with Crippen molar-refractivity contribution in [2.75, 3.05) is 0 Å². The highest BCUT2D eigenvalue weighted by Gasteiger charge is 2.13. The Labute approximate surface area is 80.9 Å². The lowest BCUT2D eigenvalue weighted by Crippen LogP contribution is -2.36. The average Bonchev–Trinajstić information content (AvgIpc) is 2.17. The maximum atomic E-state index is 10.4. The van der Waals surface area contributed by atoms with Crippen LogP contribution in [0.3, 0.4) is 0 Å². The molecule has 1 N–H and O–H groups in total. The van der Waals surface area contributed by atoms with Gasteiger partial charge in [-0.15, -0.1) is 5.43 Å². The van der Waals surface area contributed by atoms with Crippen LogP contribution in [-0.4, -0.2) is 17.4 Å². The Bertz CT molecular complexity index is 313. The van der Waals surface area contributed by atoms with Crippen LogP contribution in [0.2, 0.25) is 0 Å². The number of carbonyl (C=O) groups excluding carboxylic acids is 1. The average molecular weight is 193 g/mol. The second-order valence-corrected chi connectivity index (χ2v) is 2.75. The lowest BCUT2D eigenvalue weighted by Gasteiger charge is -2.05. The number of hydrazine groups is 1. The third-order valence-electron chi connectivity index (χ3n) is 1.69. The van der Waals surface area contributed by atoms with Crippen LogP contribution in [0.4, 0.5) is 0 Å². The molecular weight excluding hydrogens is 184 g/mol. The van der Waals surface area contributed by atoms with Crippen LogP contribution in [0.1, 0.15) is 5.56 Å². The van der Waals surface area contributed by atoms with Gasteiger partial charge in [0.2, 0.25) is 6.29 Å². The van der Waals surface area contributed by atoms with E-state index in [-0.39, 0.29) is 6.42 Å². The fraction of sp³-hybridized carbons (Fsp3) is 0.222. The van der Waals surface area contributed by atoms with Crippen LogP contribution in [0.25, 0.3) is 0 Å². The molecule has 1 aromatic rings. The van der Waals surface area contributed by atoms with Gasteiger partial charge in [0.25, 0.3) is 0 Å². The van der Waals surface area contributed by atoms with E-state index in [0.717, 1.165) is 5.56 Å². The normalized spacial score (nSPS) is 11.7. The maximum Gasteiger partial charge on any atom is 0.229 e. The first-order valence-corrected chi connectivity index (χ1v) is 4.04. The summed E-state index contributed by atoms with van der Waals surface area (Å²) >= 11 is 0. The molecule has 1 rings (SSSR count). The number of hydrogen-bond donors (Lipinski definition) is 1. The monoisotopic (exact) mass is 193 g/mol. The molecule has 1 radical (unpaired) electrons. The van der Waals surface area contributed by atoms with Crippen molar-refractivity contribution in [1.29, 1.82) is 0 Å². The molecule has 1 atom stereocenters.